The van der Waals surface area contributed by atoms with Gasteiger partial charge in [0, 0.05) is 38.6 Å². The Morgan fingerprint density at radius 2 is 1.80 bits per heavy atom. The SMILES string of the molecule is O=S1(=O)[C@@H]2[C@@H](CN1CC1CC1)[C@H]1CN(Cc3ccc(F)cc3)C[C@H]2O1. The molecule has 25 heavy (non-hydrogen) atoms. The highest BCUT2D eigenvalue weighted by atomic mass is 32.2. The molecule has 2 bridgehead atoms. The quantitative estimate of drug-likeness (QED) is 0.809. The van der Waals surface area contributed by atoms with E-state index in [0.29, 0.717) is 32.1 Å². The van der Waals surface area contributed by atoms with E-state index >= 15 is 0 Å². The molecule has 136 valence electrons. The van der Waals surface area contributed by atoms with Gasteiger partial charge >= 0.3 is 0 Å². The van der Waals surface area contributed by atoms with Crippen molar-refractivity contribution in [1.29, 1.82) is 0 Å². The first-order valence-corrected chi connectivity index (χ1v) is 10.6. The number of ether oxygens (including phenoxy) is 1. The molecular formula is C18H23FN2O3S. The third kappa shape index (κ3) is 2.81. The lowest BCUT2D eigenvalue weighted by Gasteiger charge is -2.34. The molecule has 5 rings (SSSR count). The van der Waals surface area contributed by atoms with Gasteiger partial charge in [-0.1, -0.05) is 12.1 Å². The summed E-state index contributed by atoms with van der Waals surface area (Å²) in [6, 6.07) is 6.53. The minimum Gasteiger partial charge on any atom is -0.371 e. The van der Waals surface area contributed by atoms with Crippen molar-refractivity contribution in [2.45, 2.75) is 36.8 Å². The van der Waals surface area contributed by atoms with Gasteiger partial charge in [-0.15, -0.1) is 0 Å². The lowest BCUT2D eigenvalue weighted by molar-refractivity contribution is -0.0510. The molecule has 4 aliphatic rings. The molecule has 3 saturated heterocycles. The van der Waals surface area contributed by atoms with Gasteiger partial charge in [0.05, 0.1) is 12.2 Å². The van der Waals surface area contributed by atoms with Crippen molar-refractivity contribution >= 4 is 10.0 Å². The number of nitrogens with zero attached hydrogens (tertiary/aromatic N) is 2. The zero-order valence-corrected chi connectivity index (χ0v) is 14.9. The van der Waals surface area contributed by atoms with Crippen LogP contribution in [0.1, 0.15) is 18.4 Å². The highest BCUT2D eigenvalue weighted by Crippen LogP contribution is 2.44. The zero-order valence-electron chi connectivity index (χ0n) is 14.1. The van der Waals surface area contributed by atoms with Gasteiger partial charge in [0.15, 0.2) is 0 Å². The normalized spacial score (nSPS) is 37.3. The van der Waals surface area contributed by atoms with E-state index < -0.39 is 10.0 Å². The smallest absolute Gasteiger partial charge is 0.220 e. The summed E-state index contributed by atoms with van der Waals surface area (Å²) in [7, 11) is -3.24. The molecular weight excluding hydrogens is 343 g/mol. The maximum atomic E-state index is 13.1. The predicted molar refractivity (Wildman–Crippen MR) is 90.8 cm³/mol. The number of hydrogen-bond donors (Lipinski definition) is 0. The monoisotopic (exact) mass is 366 g/mol. The minimum atomic E-state index is -3.24. The highest BCUT2D eigenvalue weighted by molar-refractivity contribution is 7.90. The Morgan fingerprint density at radius 3 is 2.52 bits per heavy atom. The number of halogens is 1. The van der Waals surface area contributed by atoms with Crippen LogP contribution in [-0.2, 0) is 21.3 Å². The summed E-state index contributed by atoms with van der Waals surface area (Å²) in [4.78, 5) is 2.26. The summed E-state index contributed by atoms with van der Waals surface area (Å²) in [6.45, 7) is 3.42. The Hall–Kier alpha value is -1.02. The average Bonchev–Trinajstić information content (AvgIpc) is 3.29. The molecule has 4 atom stereocenters. The van der Waals surface area contributed by atoms with Gasteiger partial charge in [-0.25, -0.2) is 17.1 Å². The summed E-state index contributed by atoms with van der Waals surface area (Å²) in [6.07, 6.45) is 2.08. The molecule has 1 aromatic carbocycles. The summed E-state index contributed by atoms with van der Waals surface area (Å²) in [5.41, 5.74) is 1.05. The van der Waals surface area contributed by atoms with Crippen molar-refractivity contribution in [1.82, 2.24) is 9.21 Å². The fraction of sp³-hybridized carbons (Fsp3) is 0.667. The number of likely N-dealkylation sites (tertiary alicyclic amines) is 1. The van der Waals surface area contributed by atoms with Gasteiger partial charge in [-0.05, 0) is 36.5 Å². The predicted octanol–water partition coefficient (Wildman–Crippen LogP) is 1.45. The maximum Gasteiger partial charge on any atom is 0.220 e. The molecule has 7 heteroatoms. The van der Waals surface area contributed by atoms with E-state index in [2.05, 4.69) is 4.90 Å². The maximum absolute atomic E-state index is 13.1. The van der Waals surface area contributed by atoms with Crippen LogP contribution in [0.3, 0.4) is 0 Å². The number of fused-ring (bicyclic) bond motifs is 5. The molecule has 3 aliphatic heterocycles. The number of morpholine rings is 1. The van der Waals surface area contributed by atoms with Gasteiger partial charge in [0.1, 0.15) is 11.1 Å². The summed E-state index contributed by atoms with van der Waals surface area (Å²) in [5, 5.41) is -0.380. The molecule has 5 nitrogen and oxygen atoms in total. The number of sulfonamides is 1. The Morgan fingerprint density at radius 1 is 1.08 bits per heavy atom. The second-order valence-corrected chi connectivity index (χ2v) is 10.1. The molecule has 0 N–H and O–H groups in total. The standard InChI is InChI=1S/C18H23FN2O3S/c19-14-5-3-12(4-6-14)7-20-10-16-15-9-21(8-13-1-2-13)25(22,23)18(15)17(11-20)24-16/h3-6,13,15-18H,1-2,7-11H2/t15-,16+,17+,18+/m0/s1. The van der Waals surface area contributed by atoms with E-state index in [1.165, 1.54) is 12.1 Å². The second-order valence-electron chi connectivity index (χ2n) is 7.97. The van der Waals surface area contributed by atoms with E-state index in [4.69, 9.17) is 4.74 Å². The molecule has 0 aromatic heterocycles. The van der Waals surface area contributed by atoms with Crippen molar-refractivity contribution in [2.75, 3.05) is 26.2 Å². The molecule has 0 amide bonds. The van der Waals surface area contributed by atoms with Crippen molar-refractivity contribution in [3.8, 4) is 0 Å². The van der Waals surface area contributed by atoms with Crippen LogP contribution in [-0.4, -0.2) is 61.3 Å². The molecule has 1 aromatic rings. The Balaban J connectivity index is 1.31. The lowest BCUT2D eigenvalue weighted by Crippen LogP contribution is -2.47. The molecule has 0 unspecified atom stereocenters. The van der Waals surface area contributed by atoms with Crippen LogP contribution in [0, 0.1) is 17.7 Å². The summed E-state index contributed by atoms with van der Waals surface area (Å²) < 4.78 is 46.8. The van der Waals surface area contributed by atoms with Crippen LogP contribution < -0.4 is 0 Å². The van der Waals surface area contributed by atoms with Crippen LogP contribution in [0.4, 0.5) is 4.39 Å². The first-order valence-electron chi connectivity index (χ1n) is 9.12. The molecule has 3 heterocycles. The fourth-order valence-electron chi connectivity index (χ4n) is 4.69. The zero-order chi connectivity index (χ0) is 17.2. The second kappa shape index (κ2) is 5.74. The Kier molecular flexibility index (Phi) is 3.71. The summed E-state index contributed by atoms with van der Waals surface area (Å²) in [5.74, 6) is 0.429. The third-order valence-corrected chi connectivity index (χ3v) is 8.45. The van der Waals surface area contributed by atoms with E-state index in [0.717, 1.165) is 24.9 Å². The highest BCUT2D eigenvalue weighted by Gasteiger charge is 2.60. The van der Waals surface area contributed by atoms with E-state index in [-0.39, 0.29) is 29.2 Å². The van der Waals surface area contributed by atoms with Crippen LogP contribution in [0.5, 0.6) is 0 Å². The van der Waals surface area contributed by atoms with Gasteiger partial charge in [-0.2, -0.15) is 0 Å². The van der Waals surface area contributed by atoms with Gasteiger partial charge in [0.2, 0.25) is 10.0 Å². The molecule has 0 spiro atoms. The van der Waals surface area contributed by atoms with Crippen molar-refractivity contribution in [3.05, 3.63) is 35.6 Å². The number of rotatable bonds is 4. The van der Waals surface area contributed by atoms with Crippen molar-refractivity contribution < 1.29 is 17.5 Å². The minimum absolute atomic E-state index is 0.0109. The van der Waals surface area contributed by atoms with E-state index in [9.17, 15) is 12.8 Å². The van der Waals surface area contributed by atoms with Gasteiger partial charge < -0.3 is 4.74 Å². The van der Waals surface area contributed by atoms with Crippen LogP contribution in [0.25, 0.3) is 0 Å². The first-order chi connectivity index (χ1) is 12.0. The average molecular weight is 366 g/mol. The lowest BCUT2D eigenvalue weighted by atomic mass is 10.00. The third-order valence-electron chi connectivity index (χ3n) is 6.09. The van der Waals surface area contributed by atoms with E-state index in [1.807, 2.05) is 0 Å². The van der Waals surface area contributed by atoms with Crippen LogP contribution in [0.15, 0.2) is 24.3 Å². The van der Waals surface area contributed by atoms with Gasteiger partial charge in [0.25, 0.3) is 0 Å². The van der Waals surface area contributed by atoms with Gasteiger partial charge in [-0.3, -0.25) is 4.90 Å². The molecule has 1 saturated carbocycles. The largest absolute Gasteiger partial charge is 0.371 e. The topological polar surface area (TPSA) is 49.9 Å². The van der Waals surface area contributed by atoms with Crippen LogP contribution in [0.2, 0.25) is 0 Å². The first kappa shape index (κ1) is 16.2. The molecule has 4 fully saturated rings. The van der Waals surface area contributed by atoms with Crippen LogP contribution >= 0.6 is 0 Å². The Labute approximate surface area is 147 Å². The van der Waals surface area contributed by atoms with E-state index in [1.54, 1.807) is 16.4 Å². The number of hydrogen-bond acceptors (Lipinski definition) is 4. The molecule has 0 radical (unpaired) electrons. The van der Waals surface area contributed by atoms with Crippen molar-refractivity contribution in [3.63, 3.8) is 0 Å². The molecule has 1 aliphatic carbocycles. The fourth-order valence-corrected chi connectivity index (χ4v) is 7.07. The summed E-state index contributed by atoms with van der Waals surface area (Å²) >= 11 is 0. The Bertz CT molecular complexity index is 765. The number of benzene rings is 1. The van der Waals surface area contributed by atoms with Crippen molar-refractivity contribution in [2.24, 2.45) is 11.8 Å².